The maximum absolute atomic E-state index is 12.8. The lowest BCUT2D eigenvalue weighted by Gasteiger charge is -2.41. The van der Waals surface area contributed by atoms with Crippen molar-refractivity contribution in [3.05, 3.63) is 39.9 Å². The molecule has 2 saturated heterocycles. The summed E-state index contributed by atoms with van der Waals surface area (Å²) in [5, 5.41) is 10.9. The number of rotatable bonds is 3. The monoisotopic (exact) mass is 331 g/mol. The fourth-order valence-corrected chi connectivity index (χ4v) is 4.25. The van der Waals surface area contributed by atoms with E-state index in [9.17, 15) is 14.9 Å². The van der Waals surface area contributed by atoms with Crippen molar-refractivity contribution in [2.24, 2.45) is 0 Å². The summed E-state index contributed by atoms with van der Waals surface area (Å²) in [6.07, 6.45) is 4.54. The van der Waals surface area contributed by atoms with Crippen molar-refractivity contribution in [2.75, 3.05) is 13.1 Å². The summed E-state index contributed by atoms with van der Waals surface area (Å²) in [6, 6.07) is 7.58. The molecule has 6 nitrogen and oxygen atoms in total. The fourth-order valence-electron chi connectivity index (χ4n) is 4.25. The Labute approximate surface area is 142 Å². The molecule has 0 bridgehead atoms. The van der Waals surface area contributed by atoms with E-state index in [2.05, 4.69) is 18.7 Å². The molecule has 2 aliphatic heterocycles. The Morgan fingerprint density at radius 1 is 1.21 bits per heavy atom. The molecule has 1 aromatic carbocycles. The van der Waals surface area contributed by atoms with E-state index in [-0.39, 0.29) is 11.6 Å². The van der Waals surface area contributed by atoms with Crippen molar-refractivity contribution in [1.82, 2.24) is 9.80 Å². The Bertz CT molecular complexity index is 624. The third-order valence-corrected chi connectivity index (χ3v) is 5.43. The SMILES string of the molecule is C[C@@H]1CC[C@H](C)N1[C@@H]1CCCN(C(=O)c2cccc([N+](=O)[O-])c2)C1. The maximum atomic E-state index is 12.8. The molecular weight excluding hydrogens is 306 g/mol. The second-order valence-electron chi connectivity index (χ2n) is 7.08. The summed E-state index contributed by atoms with van der Waals surface area (Å²) in [7, 11) is 0. The average molecular weight is 331 g/mol. The summed E-state index contributed by atoms with van der Waals surface area (Å²) in [4.78, 5) is 27.7. The van der Waals surface area contributed by atoms with Crippen LogP contribution in [0.2, 0.25) is 0 Å². The lowest BCUT2D eigenvalue weighted by molar-refractivity contribution is -0.384. The zero-order valence-corrected chi connectivity index (χ0v) is 14.4. The van der Waals surface area contributed by atoms with Gasteiger partial charge in [0.1, 0.15) is 0 Å². The van der Waals surface area contributed by atoms with Crippen LogP contribution in [0.5, 0.6) is 0 Å². The second kappa shape index (κ2) is 6.89. The van der Waals surface area contributed by atoms with E-state index in [1.807, 2.05) is 4.90 Å². The number of likely N-dealkylation sites (tertiary alicyclic amines) is 2. The van der Waals surface area contributed by atoms with Crippen LogP contribution in [0.25, 0.3) is 0 Å². The van der Waals surface area contributed by atoms with E-state index < -0.39 is 4.92 Å². The van der Waals surface area contributed by atoms with Gasteiger partial charge < -0.3 is 4.90 Å². The first kappa shape index (κ1) is 16.9. The van der Waals surface area contributed by atoms with Gasteiger partial charge in [-0.05, 0) is 45.6 Å². The first-order valence-corrected chi connectivity index (χ1v) is 8.78. The number of hydrogen-bond acceptors (Lipinski definition) is 4. The Balaban J connectivity index is 1.73. The molecule has 2 heterocycles. The van der Waals surface area contributed by atoms with Crippen molar-refractivity contribution in [3.63, 3.8) is 0 Å². The minimum absolute atomic E-state index is 0.0313. The van der Waals surface area contributed by atoms with Crippen molar-refractivity contribution < 1.29 is 9.72 Å². The molecule has 3 atom stereocenters. The number of benzene rings is 1. The lowest BCUT2D eigenvalue weighted by atomic mass is 10.0. The molecule has 0 radical (unpaired) electrons. The summed E-state index contributed by atoms with van der Waals surface area (Å²) in [6.45, 7) is 5.99. The molecule has 0 saturated carbocycles. The highest BCUT2D eigenvalue weighted by molar-refractivity contribution is 5.94. The molecule has 1 amide bonds. The number of amides is 1. The number of piperidine rings is 1. The van der Waals surface area contributed by atoms with Gasteiger partial charge in [0.15, 0.2) is 0 Å². The minimum Gasteiger partial charge on any atom is -0.337 e. The molecule has 3 rings (SSSR count). The van der Waals surface area contributed by atoms with Gasteiger partial charge in [-0.1, -0.05) is 6.07 Å². The number of nitro benzene ring substituents is 1. The van der Waals surface area contributed by atoms with Crippen LogP contribution in [0.4, 0.5) is 5.69 Å². The quantitative estimate of drug-likeness (QED) is 0.630. The van der Waals surface area contributed by atoms with Crippen molar-refractivity contribution in [3.8, 4) is 0 Å². The molecule has 130 valence electrons. The Morgan fingerprint density at radius 3 is 2.58 bits per heavy atom. The molecule has 2 fully saturated rings. The minimum atomic E-state index is -0.455. The molecule has 2 aliphatic rings. The number of carbonyl (C=O) groups is 1. The number of carbonyl (C=O) groups excluding carboxylic acids is 1. The highest BCUT2D eigenvalue weighted by atomic mass is 16.6. The summed E-state index contributed by atoms with van der Waals surface area (Å²) in [5.74, 6) is -0.0945. The van der Waals surface area contributed by atoms with Crippen LogP contribution in [0.3, 0.4) is 0 Å². The van der Waals surface area contributed by atoms with Crippen LogP contribution < -0.4 is 0 Å². The molecule has 0 unspecified atom stereocenters. The molecule has 6 heteroatoms. The normalized spacial score (nSPS) is 28.1. The van der Waals surface area contributed by atoms with Gasteiger partial charge in [0.2, 0.25) is 0 Å². The van der Waals surface area contributed by atoms with Crippen LogP contribution in [-0.2, 0) is 0 Å². The van der Waals surface area contributed by atoms with Crippen LogP contribution in [0.15, 0.2) is 24.3 Å². The molecule has 24 heavy (non-hydrogen) atoms. The lowest BCUT2D eigenvalue weighted by Crippen LogP contribution is -2.52. The van der Waals surface area contributed by atoms with Gasteiger partial charge >= 0.3 is 0 Å². The first-order valence-electron chi connectivity index (χ1n) is 8.78. The van der Waals surface area contributed by atoms with E-state index in [4.69, 9.17) is 0 Å². The Morgan fingerprint density at radius 2 is 1.92 bits per heavy atom. The average Bonchev–Trinajstić information content (AvgIpc) is 2.93. The van der Waals surface area contributed by atoms with Gasteiger partial charge in [0.25, 0.3) is 11.6 Å². The van der Waals surface area contributed by atoms with Gasteiger partial charge in [0, 0.05) is 48.9 Å². The number of non-ortho nitro benzene ring substituents is 1. The standard InChI is InChI=1S/C18H25N3O3/c1-13-8-9-14(2)20(13)17-7-4-10-19(12-17)18(22)15-5-3-6-16(11-15)21(23)24/h3,5-6,11,13-14,17H,4,7-10,12H2,1-2H3/t13-,14+,17-/m1/s1. The van der Waals surface area contributed by atoms with Crippen molar-refractivity contribution in [2.45, 2.75) is 57.7 Å². The molecule has 0 aromatic heterocycles. The van der Waals surface area contributed by atoms with Gasteiger partial charge in [-0.2, -0.15) is 0 Å². The highest BCUT2D eigenvalue weighted by Gasteiger charge is 2.36. The highest BCUT2D eigenvalue weighted by Crippen LogP contribution is 2.30. The predicted octanol–water partition coefficient (Wildman–Crippen LogP) is 3.07. The predicted molar refractivity (Wildman–Crippen MR) is 92.0 cm³/mol. The van der Waals surface area contributed by atoms with E-state index in [0.717, 1.165) is 25.9 Å². The van der Waals surface area contributed by atoms with Crippen LogP contribution >= 0.6 is 0 Å². The van der Waals surface area contributed by atoms with Gasteiger partial charge in [-0.3, -0.25) is 19.8 Å². The Hall–Kier alpha value is -1.95. The molecule has 0 spiro atoms. The van der Waals surface area contributed by atoms with E-state index in [0.29, 0.717) is 23.7 Å². The van der Waals surface area contributed by atoms with Gasteiger partial charge in [-0.25, -0.2) is 0 Å². The largest absolute Gasteiger partial charge is 0.337 e. The van der Waals surface area contributed by atoms with E-state index in [1.165, 1.54) is 25.0 Å². The molecule has 0 N–H and O–H groups in total. The molecule has 1 aromatic rings. The smallest absolute Gasteiger partial charge is 0.270 e. The van der Waals surface area contributed by atoms with Crippen LogP contribution in [-0.4, -0.2) is 51.8 Å². The number of nitrogens with zero attached hydrogens (tertiary/aromatic N) is 3. The van der Waals surface area contributed by atoms with Crippen molar-refractivity contribution >= 4 is 11.6 Å². The Kier molecular flexibility index (Phi) is 4.85. The van der Waals surface area contributed by atoms with E-state index in [1.54, 1.807) is 12.1 Å². The third kappa shape index (κ3) is 3.29. The summed E-state index contributed by atoms with van der Waals surface area (Å²) in [5.41, 5.74) is 0.378. The zero-order valence-electron chi connectivity index (χ0n) is 14.4. The zero-order chi connectivity index (χ0) is 17.3. The van der Waals surface area contributed by atoms with E-state index >= 15 is 0 Å². The molecular formula is C18H25N3O3. The third-order valence-electron chi connectivity index (χ3n) is 5.43. The molecule has 0 aliphatic carbocycles. The van der Waals surface area contributed by atoms with Crippen LogP contribution in [0.1, 0.15) is 49.9 Å². The topological polar surface area (TPSA) is 66.7 Å². The van der Waals surface area contributed by atoms with Gasteiger partial charge in [-0.15, -0.1) is 0 Å². The number of hydrogen-bond donors (Lipinski definition) is 0. The summed E-state index contributed by atoms with van der Waals surface area (Å²) < 4.78 is 0. The van der Waals surface area contributed by atoms with Crippen LogP contribution in [0, 0.1) is 10.1 Å². The summed E-state index contributed by atoms with van der Waals surface area (Å²) >= 11 is 0. The second-order valence-corrected chi connectivity index (χ2v) is 7.08. The first-order chi connectivity index (χ1) is 11.5. The maximum Gasteiger partial charge on any atom is 0.270 e. The van der Waals surface area contributed by atoms with Gasteiger partial charge in [0.05, 0.1) is 4.92 Å². The van der Waals surface area contributed by atoms with Crippen molar-refractivity contribution in [1.29, 1.82) is 0 Å². The number of nitro groups is 1. The fraction of sp³-hybridized carbons (Fsp3) is 0.611.